The van der Waals surface area contributed by atoms with Gasteiger partial charge in [0.1, 0.15) is 0 Å². The summed E-state index contributed by atoms with van der Waals surface area (Å²) in [6.07, 6.45) is 5.71. The molecule has 2 nitrogen and oxygen atoms in total. The van der Waals surface area contributed by atoms with Crippen LogP contribution < -0.4 is 0 Å². The Labute approximate surface area is 89.6 Å². The van der Waals surface area contributed by atoms with Crippen LogP contribution in [-0.2, 0) is 4.79 Å². The topological polar surface area (TPSA) is 37.3 Å². The maximum atomic E-state index is 10.5. The molecule has 0 radical (unpaired) electrons. The van der Waals surface area contributed by atoms with Gasteiger partial charge in [-0.15, -0.1) is 0 Å². The summed E-state index contributed by atoms with van der Waals surface area (Å²) in [4.78, 5) is 10.5. The van der Waals surface area contributed by atoms with E-state index in [9.17, 15) is 4.79 Å². The number of benzene rings is 1. The van der Waals surface area contributed by atoms with Gasteiger partial charge in [-0.1, -0.05) is 49.4 Å². The van der Waals surface area contributed by atoms with Crippen molar-refractivity contribution in [1.82, 2.24) is 0 Å². The minimum absolute atomic E-state index is 0.718. The van der Waals surface area contributed by atoms with Crippen molar-refractivity contribution < 1.29 is 9.90 Å². The summed E-state index contributed by atoms with van der Waals surface area (Å²) in [6, 6.07) is 9.80. The van der Waals surface area contributed by atoms with Crippen molar-refractivity contribution in [2.24, 2.45) is 0 Å². The van der Waals surface area contributed by atoms with E-state index in [4.69, 9.17) is 5.11 Å². The molecule has 0 aliphatic rings. The normalized spacial score (nSPS) is 11.9. The lowest BCUT2D eigenvalue weighted by atomic mass is 10.1. The van der Waals surface area contributed by atoms with Crippen LogP contribution in [0.3, 0.4) is 0 Å². The van der Waals surface area contributed by atoms with Gasteiger partial charge in [0, 0.05) is 6.08 Å². The Morgan fingerprint density at radius 2 is 2.00 bits per heavy atom. The molecule has 0 amide bonds. The number of rotatable bonds is 4. The molecule has 0 atom stereocenters. The molecule has 1 aromatic rings. The van der Waals surface area contributed by atoms with Crippen LogP contribution in [0, 0.1) is 0 Å². The molecule has 0 fully saturated rings. The molecule has 0 saturated carbocycles. The van der Waals surface area contributed by atoms with Crippen molar-refractivity contribution in [2.45, 2.75) is 13.3 Å². The lowest BCUT2D eigenvalue weighted by Gasteiger charge is -1.95. The summed E-state index contributed by atoms with van der Waals surface area (Å²) in [5.41, 5.74) is 1.88. The molecule has 1 aromatic carbocycles. The second kappa shape index (κ2) is 5.81. The molecule has 0 unspecified atom stereocenters. The third kappa shape index (κ3) is 4.27. The number of carboxylic acid groups (broad SMARTS) is 1. The van der Waals surface area contributed by atoms with Gasteiger partial charge in [0.25, 0.3) is 0 Å². The maximum absolute atomic E-state index is 10.5. The van der Waals surface area contributed by atoms with Crippen LogP contribution in [0.1, 0.15) is 18.9 Å². The van der Waals surface area contributed by atoms with E-state index >= 15 is 0 Å². The van der Waals surface area contributed by atoms with Crippen molar-refractivity contribution in [1.29, 1.82) is 0 Å². The van der Waals surface area contributed by atoms with E-state index in [1.54, 1.807) is 0 Å². The number of allylic oxidation sites excluding steroid dienone is 2. The molecule has 0 aliphatic heterocycles. The minimum atomic E-state index is -0.899. The summed E-state index contributed by atoms with van der Waals surface area (Å²) in [5, 5.41) is 8.60. The lowest BCUT2D eigenvalue weighted by molar-refractivity contribution is -0.131. The average molecular weight is 202 g/mol. The Morgan fingerprint density at radius 1 is 1.33 bits per heavy atom. The predicted molar refractivity (Wildman–Crippen MR) is 61.5 cm³/mol. The van der Waals surface area contributed by atoms with Crippen molar-refractivity contribution in [3.63, 3.8) is 0 Å². The molecule has 2 heteroatoms. The zero-order valence-corrected chi connectivity index (χ0v) is 8.68. The van der Waals surface area contributed by atoms with E-state index in [2.05, 4.69) is 0 Å². The van der Waals surface area contributed by atoms with E-state index in [1.807, 2.05) is 49.4 Å². The van der Waals surface area contributed by atoms with Gasteiger partial charge in [-0.3, -0.25) is 0 Å². The Balaban J connectivity index is 2.76. The zero-order chi connectivity index (χ0) is 11.1. The van der Waals surface area contributed by atoms with Gasteiger partial charge in [0.05, 0.1) is 0 Å². The summed E-state index contributed by atoms with van der Waals surface area (Å²) < 4.78 is 0. The number of aliphatic carboxylic acids is 1. The van der Waals surface area contributed by atoms with Crippen molar-refractivity contribution in [2.75, 3.05) is 0 Å². The highest BCUT2D eigenvalue weighted by atomic mass is 16.4. The first kappa shape index (κ1) is 11.2. The first-order valence-corrected chi connectivity index (χ1v) is 4.89. The summed E-state index contributed by atoms with van der Waals surface area (Å²) in [7, 11) is 0. The van der Waals surface area contributed by atoms with Crippen LogP contribution in [-0.4, -0.2) is 11.1 Å². The Bertz CT molecular complexity index is 375. The van der Waals surface area contributed by atoms with Gasteiger partial charge < -0.3 is 5.11 Å². The first-order chi connectivity index (χ1) is 7.22. The number of hydrogen-bond donors (Lipinski definition) is 1. The fraction of sp³-hybridized carbons (Fsp3) is 0.154. The third-order valence-corrected chi connectivity index (χ3v) is 2.01. The molecule has 15 heavy (non-hydrogen) atoms. The fourth-order valence-electron chi connectivity index (χ4n) is 1.19. The monoisotopic (exact) mass is 202 g/mol. The van der Waals surface area contributed by atoms with E-state index < -0.39 is 5.97 Å². The highest BCUT2D eigenvalue weighted by Gasteiger charge is 1.93. The molecule has 0 aliphatic carbocycles. The van der Waals surface area contributed by atoms with Crippen LogP contribution >= 0.6 is 0 Å². The molecule has 1 N–H and O–H groups in total. The molecular weight excluding hydrogens is 188 g/mol. The van der Waals surface area contributed by atoms with Crippen molar-refractivity contribution in [3.8, 4) is 0 Å². The number of carbonyl (C=O) groups is 1. The van der Waals surface area contributed by atoms with Crippen LogP contribution in [0.4, 0.5) is 0 Å². The minimum Gasteiger partial charge on any atom is -0.478 e. The second-order valence-electron chi connectivity index (χ2n) is 3.16. The van der Waals surface area contributed by atoms with Crippen LogP contribution in [0.2, 0.25) is 0 Å². The fourth-order valence-corrected chi connectivity index (χ4v) is 1.19. The molecule has 0 saturated heterocycles. The van der Waals surface area contributed by atoms with E-state index in [1.165, 1.54) is 6.08 Å². The summed E-state index contributed by atoms with van der Waals surface area (Å²) in [5.74, 6) is -0.899. The number of carboxylic acids is 1. The van der Waals surface area contributed by atoms with E-state index in [0.717, 1.165) is 17.6 Å². The quantitative estimate of drug-likeness (QED) is 0.601. The summed E-state index contributed by atoms with van der Waals surface area (Å²) in [6.45, 7) is 1.93. The number of hydrogen-bond acceptors (Lipinski definition) is 1. The first-order valence-electron chi connectivity index (χ1n) is 4.89. The van der Waals surface area contributed by atoms with Crippen LogP contribution in [0.5, 0.6) is 0 Å². The molecule has 78 valence electrons. The molecule has 0 spiro atoms. The molecule has 0 heterocycles. The molecule has 0 bridgehead atoms. The molecular formula is C13H14O2. The van der Waals surface area contributed by atoms with Gasteiger partial charge in [-0.2, -0.15) is 0 Å². The van der Waals surface area contributed by atoms with E-state index in [-0.39, 0.29) is 0 Å². The van der Waals surface area contributed by atoms with Crippen LogP contribution in [0.25, 0.3) is 6.08 Å². The van der Waals surface area contributed by atoms with Gasteiger partial charge in [0.15, 0.2) is 0 Å². The average Bonchev–Trinajstić information content (AvgIpc) is 2.25. The summed E-state index contributed by atoms with van der Waals surface area (Å²) >= 11 is 0. The van der Waals surface area contributed by atoms with E-state index in [0.29, 0.717) is 0 Å². The lowest BCUT2D eigenvalue weighted by Crippen LogP contribution is -1.89. The standard InChI is InChI=1S/C13H14O2/c1-2-11(10-13(14)15)8-9-12-6-4-3-5-7-12/h3-10H,2H2,1H3,(H,14,15). The van der Waals surface area contributed by atoms with Gasteiger partial charge in [-0.05, 0) is 17.6 Å². The SMILES string of the molecule is CCC(C=Cc1ccccc1)=CC(=O)O. The van der Waals surface area contributed by atoms with Gasteiger partial charge in [0.2, 0.25) is 0 Å². The molecule has 0 aromatic heterocycles. The largest absolute Gasteiger partial charge is 0.478 e. The van der Waals surface area contributed by atoms with Gasteiger partial charge >= 0.3 is 5.97 Å². The second-order valence-corrected chi connectivity index (χ2v) is 3.16. The Hall–Kier alpha value is -1.83. The van der Waals surface area contributed by atoms with Gasteiger partial charge in [-0.25, -0.2) is 4.79 Å². The Morgan fingerprint density at radius 3 is 2.53 bits per heavy atom. The third-order valence-electron chi connectivity index (χ3n) is 2.01. The highest BCUT2D eigenvalue weighted by Crippen LogP contribution is 2.07. The van der Waals surface area contributed by atoms with Crippen molar-refractivity contribution >= 4 is 12.0 Å². The van der Waals surface area contributed by atoms with Crippen LogP contribution in [0.15, 0.2) is 48.1 Å². The predicted octanol–water partition coefficient (Wildman–Crippen LogP) is 3.12. The highest BCUT2D eigenvalue weighted by molar-refractivity contribution is 5.81. The molecule has 1 rings (SSSR count). The smallest absolute Gasteiger partial charge is 0.328 e. The Kier molecular flexibility index (Phi) is 4.35. The van der Waals surface area contributed by atoms with Crippen molar-refractivity contribution in [3.05, 3.63) is 53.6 Å². The maximum Gasteiger partial charge on any atom is 0.328 e. The zero-order valence-electron chi connectivity index (χ0n) is 8.68.